The van der Waals surface area contributed by atoms with Gasteiger partial charge in [-0.3, -0.25) is 14.6 Å². The number of pyridine rings is 1. The highest BCUT2D eigenvalue weighted by atomic mass is 16.5. The molecule has 10 heteroatoms. The van der Waals surface area contributed by atoms with Gasteiger partial charge in [-0.05, 0) is 61.5 Å². The lowest BCUT2D eigenvalue weighted by Crippen LogP contribution is -2.20. The van der Waals surface area contributed by atoms with Crippen LogP contribution in [0.4, 0.5) is 5.69 Å². The number of ketones is 1. The molecule has 0 fully saturated rings. The maximum atomic E-state index is 12.6. The molecule has 0 saturated heterocycles. The van der Waals surface area contributed by atoms with Gasteiger partial charge in [-0.1, -0.05) is 12.1 Å². The molecule has 184 valence electrons. The van der Waals surface area contributed by atoms with Crippen molar-refractivity contribution in [3.63, 3.8) is 0 Å². The van der Waals surface area contributed by atoms with Crippen molar-refractivity contribution in [3.05, 3.63) is 84.7 Å². The minimum absolute atomic E-state index is 0.0892. The number of nitrogens with one attached hydrogen (secondary N) is 1. The van der Waals surface area contributed by atoms with E-state index >= 15 is 0 Å². The second-order valence-electron chi connectivity index (χ2n) is 8.09. The number of nitrogens with zero attached hydrogens (tertiary/aromatic N) is 5. The monoisotopic (exact) mass is 494 g/mol. The molecule has 0 unspecified atom stereocenters. The van der Waals surface area contributed by atoms with E-state index in [4.69, 9.17) is 14.6 Å². The fourth-order valence-corrected chi connectivity index (χ4v) is 3.72. The zero-order chi connectivity index (χ0) is 25.8. The van der Waals surface area contributed by atoms with Crippen LogP contribution in [0.3, 0.4) is 0 Å². The highest BCUT2D eigenvalue weighted by Crippen LogP contribution is 2.28. The summed E-state index contributed by atoms with van der Waals surface area (Å²) >= 11 is 0. The van der Waals surface area contributed by atoms with E-state index in [0.717, 1.165) is 11.1 Å². The van der Waals surface area contributed by atoms with E-state index in [0.29, 0.717) is 39.9 Å². The summed E-state index contributed by atoms with van der Waals surface area (Å²) in [7, 11) is 1.47. The van der Waals surface area contributed by atoms with Gasteiger partial charge in [0, 0.05) is 34.8 Å². The lowest BCUT2D eigenvalue weighted by Gasteiger charge is -2.12. The number of anilines is 1. The van der Waals surface area contributed by atoms with E-state index in [9.17, 15) is 9.59 Å². The average molecular weight is 495 g/mol. The Morgan fingerprint density at radius 2 is 1.81 bits per heavy atom. The Hall–Kier alpha value is -5.12. The number of carbonyl (C=O) groups is 2. The van der Waals surface area contributed by atoms with Crippen LogP contribution in [-0.2, 0) is 4.79 Å². The largest absolute Gasteiger partial charge is 0.493 e. The minimum Gasteiger partial charge on any atom is -0.493 e. The third-order valence-electron chi connectivity index (χ3n) is 5.55. The molecule has 10 nitrogen and oxygen atoms in total. The number of amides is 1. The quantitative estimate of drug-likeness (QED) is 0.320. The van der Waals surface area contributed by atoms with Gasteiger partial charge in [0.05, 0.1) is 12.8 Å². The molecule has 1 N–H and O–H groups in total. The number of rotatable bonds is 8. The molecule has 0 bridgehead atoms. The summed E-state index contributed by atoms with van der Waals surface area (Å²) in [6.07, 6.45) is 3.40. The van der Waals surface area contributed by atoms with Crippen LogP contribution in [0, 0.1) is 0 Å². The van der Waals surface area contributed by atoms with Crippen LogP contribution in [0.25, 0.3) is 28.3 Å². The van der Waals surface area contributed by atoms with Gasteiger partial charge < -0.3 is 14.8 Å². The summed E-state index contributed by atoms with van der Waals surface area (Å²) in [5, 5.41) is 16.0. The molecular weight excluding hydrogens is 472 g/mol. The smallest absolute Gasteiger partial charge is 0.262 e. The number of Topliss-reactive ketones (excluding diaryl/α,β-unsaturated/α-hetero) is 1. The molecule has 0 radical (unpaired) electrons. The standard InChI is InChI=1S/C27H22N6O4/c1-17(34)18-8-10-23(24(14-18)36-2)37-16-26(35)29-21-7-3-5-19(13-21)22-9-11-25-30-31-27(33(25)32-22)20-6-4-12-28-15-20/h3-15H,16H2,1-2H3,(H,29,35). The lowest BCUT2D eigenvalue weighted by molar-refractivity contribution is -0.118. The number of carbonyl (C=O) groups excluding carboxylic acids is 2. The molecule has 5 aromatic rings. The van der Waals surface area contributed by atoms with E-state index in [2.05, 4.69) is 20.5 Å². The van der Waals surface area contributed by atoms with E-state index in [1.807, 2.05) is 42.5 Å². The summed E-state index contributed by atoms with van der Waals surface area (Å²) in [6.45, 7) is 1.23. The summed E-state index contributed by atoms with van der Waals surface area (Å²) in [5.41, 5.74) is 3.97. The van der Waals surface area contributed by atoms with Gasteiger partial charge in [0.1, 0.15) is 0 Å². The topological polar surface area (TPSA) is 121 Å². The molecule has 5 rings (SSSR count). The summed E-state index contributed by atoms with van der Waals surface area (Å²) in [6, 6.07) is 19.5. The molecule has 3 heterocycles. The Kier molecular flexibility index (Phi) is 6.54. The normalized spacial score (nSPS) is 10.8. The van der Waals surface area contributed by atoms with Crippen LogP contribution >= 0.6 is 0 Å². The first-order valence-electron chi connectivity index (χ1n) is 11.4. The van der Waals surface area contributed by atoms with Crippen molar-refractivity contribution < 1.29 is 19.1 Å². The average Bonchev–Trinajstić information content (AvgIpc) is 3.36. The van der Waals surface area contributed by atoms with Crippen molar-refractivity contribution in [2.45, 2.75) is 6.92 Å². The minimum atomic E-state index is -0.351. The van der Waals surface area contributed by atoms with Gasteiger partial charge in [-0.2, -0.15) is 9.61 Å². The van der Waals surface area contributed by atoms with Crippen LogP contribution < -0.4 is 14.8 Å². The predicted octanol–water partition coefficient (Wildman–Crippen LogP) is 4.08. The maximum Gasteiger partial charge on any atom is 0.262 e. The summed E-state index contributed by atoms with van der Waals surface area (Å²) in [4.78, 5) is 28.3. The summed E-state index contributed by atoms with van der Waals surface area (Å²) < 4.78 is 12.6. The Bertz CT molecular complexity index is 1600. The van der Waals surface area contributed by atoms with Crippen LogP contribution in [0.15, 0.2) is 79.1 Å². The summed E-state index contributed by atoms with van der Waals surface area (Å²) in [5.74, 6) is 0.888. The third-order valence-corrected chi connectivity index (χ3v) is 5.55. The lowest BCUT2D eigenvalue weighted by atomic mass is 10.1. The van der Waals surface area contributed by atoms with Crippen molar-refractivity contribution in [2.24, 2.45) is 0 Å². The first-order chi connectivity index (χ1) is 18.0. The van der Waals surface area contributed by atoms with Gasteiger partial charge in [0.2, 0.25) is 0 Å². The first-order valence-corrected chi connectivity index (χ1v) is 11.4. The Balaban J connectivity index is 1.31. The molecule has 0 aliphatic rings. The Morgan fingerprint density at radius 3 is 2.59 bits per heavy atom. The molecule has 0 spiro atoms. The maximum absolute atomic E-state index is 12.6. The van der Waals surface area contributed by atoms with Crippen LogP contribution in [0.2, 0.25) is 0 Å². The van der Waals surface area contributed by atoms with E-state index in [1.165, 1.54) is 14.0 Å². The highest BCUT2D eigenvalue weighted by molar-refractivity contribution is 5.95. The number of benzene rings is 2. The highest BCUT2D eigenvalue weighted by Gasteiger charge is 2.13. The molecule has 0 aliphatic carbocycles. The van der Waals surface area contributed by atoms with Gasteiger partial charge in [0.25, 0.3) is 5.91 Å². The van der Waals surface area contributed by atoms with Crippen LogP contribution in [-0.4, -0.2) is 50.2 Å². The van der Waals surface area contributed by atoms with Crippen molar-refractivity contribution >= 4 is 23.0 Å². The first kappa shape index (κ1) is 23.6. The van der Waals surface area contributed by atoms with Crippen LogP contribution in [0.5, 0.6) is 11.5 Å². The number of aromatic nitrogens is 5. The fourth-order valence-electron chi connectivity index (χ4n) is 3.72. The van der Waals surface area contributed by atoms with E-state index in [-0.39, 0.29) is 18.3 Å². The van der Waals surface area contributed by atoms with Gasteiger partial charge in [-0.25, -0.2) is 0 Å². The van der Waals surface area contributed by atoms with Gasteiger partial charge >= 0.3 is 0 Å². The predicted molar refractivity (Wildman–Crippen MR) is 137 cm³/mol. The number of hydrogen-bond acceptors (Lipinski definition) is 8. The van der Waals surface area contributed by atoms with Gasteiger partial charge in [0.15, 0.2) is 35.4 Å². The Labute approximate surface area is 211 Å². The zero-order valence-corrected chi connectivity index (χ0v) is 20.1. The number of fused-ring (bicyclic) bond motifs is 1. The molecule has 37 heavy (non-hydrogen) atoms. The van der Waals surface area contributed by atoms with E-state index < -0.39 is 0 Å². The molecular formula is C27H22N6O4. The van der Waals surface area contributed by atoms with Gasteiger partial charge in [-0.15, -0.1) is 10.2 Å². The van der Waals surface area contributed by atoms with Crippen molar-refractivity contribution in [2.75, 3.05) is 19.0 Å². The molecule has 3 aromatic heterocycles. The molecule has 1 amide bonds. The molecule has 0 atom stereocenters. The number of ether oxygens (including phenoxy) is 2. The number of hydrogen-bond donors (Lipinski definition) is 1. The zero-order valence-electron chi connectivity index (χ0n) is 20.1. The number of methoxy groups -OCH3 is 1. The molecule has 0 aliphatic heterocycles. The third kappa shape index (κ3) is 5.13. The van der Waals surface area contributed by atoms with Crippen molar-refractivity contribution in [1.29, 1.82) is 0 Å². The molecule has 0 saturated carbocycles. The SMILES string of the molecule is COc1cc(C(C)=O)ccc1OCC(=O)Nc1cccc(-c2ccc3nnc(-c4cccnc4)n3n2)c1. The second kappa shape index (κ2) is 10.2. The van der Waals surface area contributed by atoms with Crippen LogP contribution in [0.1, 0.15) is 17.3 Å². The fraction of sp³-hybridized carbons (Fsp3) is 0.111. The van der Waals surface area contributed by atoms with Crippen molar-refractivity contribution in [1.82, 2.24) is 24.8 Å². The second-order valence-corrected chi connectivity index (χ2v) is 8.09. The van der Waals surface area contributed by atoms with Crippen molar-refractivity contribution in [3.8, 4) is 34.1 Å². The molecule has 2 aromatic carbocycles. The van der Waals surface area contributed by atoms with E-state index in [1.54, 1.807) is 41.2 Å². The Morgan fingerprint density at radius 1 is 0.946 bits per heavy atom.